The predicted octanol–water partition coefficient (Wildman–Crippen LogP) is 6.80. The molecule has 200 valence electrons. The van der Waals surface area contributed by atoms with Crippen molar-refractivity contribution < 1.29 is 22.5 Å². The van der Waals surface area contributed by atoms with Crippen LogP contribution in [0.5, 0.6) is 5.75 Å². The molecule has 0 aliphatic carbocycles. The van der Waals surface area contributed by atoms with Gasteiger partial charge in [-0.3, -0.25) is 4.79 Å². The van der Waals surface area contributed by atoms with Gasteiger partial charge in [0.05, 0.1) is 0 Å². The quantitative estimate of drug-likeness (QED) is 0.337. The first kappa shape index (κ1) is 30.0. The molecule has 0 aromatic heterocycles. The van der Waals surface area contributed by atoms with Crippen molar-refractivity contribution in [1.82, 2.24) is 0 Å². The number of Topliss-reactive ketones (excluding diaryl/α,β-unsaturated/α-hetero) is 1. The molecule has 3 N–H and O–H groups in total. The Morgan fingerprint density at radius 3 is 1.58 bits per heavy atom. The fraction of sp³-hybridized carbons (Fsp3) is 0.552. The summed E-state index contributed by atoms with van der Waals surface area (Å²) in [5.41, 5.74) is 4.97. The van der Waals surface area contributed by atoms with Crippen LogP contribution in [-0.2, 0) is 10.3 Å². The van der Waals surface area contributed by atoms with Crippen molar-refractivity contribution in [1.29, 1.82) is 0 Å². The number of aliphatic hydroxyl groups is 1. The summed E-state index contributed by atoms with van der Waals surface area (Å²) in [6.45, 7) is 20.0. The molecule has 0 spiro atoms. The Morgan fingerprint density at radius 1 is 0.750 bits per heavy atom. The molecule has 0 aliphatic heterocycles. The first-order chi connectivity index (χ1) is 16.5. The Kier molecular flexibility index (Phi) is 9.54. The van der Waals surface area contributed by atoms with Gasteiger partial charge in [-0.15, -0.1) is 0 Å². The summed E-state index contributed by atoms with van der Waals surface area (Å²) in [4.78, 5) is 14.0. The third-order valence-corrected chi connectivity index (χ3v) is 6.99. The van der Waals surface area contributed by atoms with Gasteiger partial charge in [-0.05, 0) is 57.4 Å². The third-order valence-electron chi connectivity index (χ3n) is 6.59. The van der Waals surface area contributed by atoms with Crippen molar-refractivity contribution in [3.63, 3.8) is 0 Å². The van der Waals surface area contributed by atoms with Crippen molar-refractivity contribution in [2.24, 2.45) is 5.14 Å². The van der Waals surface area contributed by atoms with E-state index >= 15 is 0 Å². The smallest absolute Gasteiger partial charge is 0.380 e. The van der Waals surface area contributed by atoms with Gasteiger partial charge in [-0.25, -0.2) is 0 Å². The lowest BCUT2D eigenvalue weighted by Crippen LogP contribution is -2.23. The van der Waals surface area contributed by atoms with Crippen LogP contribution < -0.4 is 9.32 Å². The van der Waals surface area contributed by atoms with Crippen LogP contribution in [0.15, 0.2) is 24.3 Å². The van der Waals surface area contributed by atoms with Gasteiger partial charge < -0.3 is 9.29 Å². The van der Waals surface area contributed by atoms with E-state index in [1.807, 2.05) is 27.7 Å². The van der Waals surface area contributed by atoms with Crippen LogP contribution in [0.3, 0.4) is 0 Å². The zero-order valence-corrected chi connectivity index (χ0v) is 24.2. The highest BCUT2D eigenvalue weighted by Gasteiger charge is 2.32. The first-order valence-corrected chi connectivity index (χ1v) is 14.2. The average molecular weight is 518 g/mol. The van der Waals surface area contributed by atoms with Gasteiger partial charge >= 0.3 is 10.3 Å². The summed E-state index contributed by atoms with van der Waals surface area (Å²) in [7, 11) is -4.33. The number of aliphatic hydroxyl groups excluding tert-OH is 1. The van der Waals surface area contributed by atoms with E-state index in [1.54, 1.807) is 12.1 Å². The molecular weight excluding hydrogens is 474 g/mol. The second-order valence-corrected chi connectivity index (χ2v) is 12.3. The molecule has 2 rings (SSSR count). The van der Waals surface area contributed by atoms with E-state index in [0.717, 1.165) is 11.1 Å². The lowest BCUT2D eigenvalue weighted by Gasteiger charge is -2.27. The molecule has 0 aliphatic rings. The number of rotatable bonds is 10. The molecule has 0 fully saturated rings. The SMILES string of the molecule is CC(C)c1cc(C(C)C)c(C(O)C(=O)c2ccc(C(C)C)c(OS(N)(=O)=O)c2C(C)C)c(C(C)C)c1. The second-order valence-electron chi connectivity index (χ2n) is 11.2. The summed E-state index contributed by atoms with van der Waals surface area (Å²) in [6.07, 6.45) is -1.41. The standard InChI is InChI=1S/C29H43NO5S/c1-15(2)20-13-23(17(5)6)26(24(14-20)18(7)8)28(32)27(31)22-12-11-21(16(3)4)29(25(22)19(9)10)35-36(30,33)34/h11-19,28,32H,1-10H3,(H2,30,33,34). The maximum Gasteiger partial charge on any atom is 0.380 e. The fourth-order valence-corrected chi connectivity index (χ4v) is 5.09. The van der Waals surface area contributed by atoms with E-state index in [0.29, 0.717) is 22.6 Å². The Hall–Kier alpha value is -2.22. The zero-order chi connectivity index (χ0) is 27.7. The highest BCUT2D eigenvalue weighted by Crippen LogP contribution is 2.41. The topological polar surface area (TPSA) is 107 Å². The zero-order valence-electron chi connectivity index (χ0n) is 23.3. The van der Waals surface area contributed by atoms with Gasteiger partial charge in [0.2, 0.25) is 0 Å². The monoisotopic (exact) mass is 517 g/mol. The number of ketones is 1. The number of benzene rings is 2. The van der Waals surface area contributed by atoms with Crippen LogP contribution in [0.1, 0.15) is 149 Å². The van der Waals surface area contributed by atoms with E-state index in [2.05, 4.69) is 53.7 Å². The highest BCUT2D eigenvalue weighted by atomic mass is 32.2. The van der Waals surface area contributed by atoms with Crippen molar-refractivity contribution in [2.45, 2.75) is 105 Å². The van der Waals surface area contributed by atoms with Gasteiger partial charge in [0.25, 0.3) is 0 Å². The van der Waals surface area contributed by atoms with Gasteiger partial charge in [-0.2, -0.15) is 13.6 Å². The molecule has 0 bridgehead atoms. The Bertz CT molecular complexity index is 1180. The Balaban J connectivity index is 2.85. The van der Waals surface area contributed by atoms with Crippen LogP contribution in [0.4, 0.5) is 0 Å². The minimum atomic E-state index is -4.33. The molecule has 0 saturated heterocycles. The van der Waals surface area contributed by atoms with Crippen LogP contribution in [-0.4, -0.2) is 19.3 Å². The molecule has 1 atom stereocenters. The van der Waals surface area contributed by atoms with Crippen molar-refractivity contribution >= 4 is 16.1 Å². The third kappa shape index (κ3) is 6.55. The number of hydrogen-bond donors (Lipinski definition) is 2. The summed E-state index contributed by atoms with van der Waals surface area (Å²) < 4.78 is 29.1. The second kappa shape index (κ2) is 11.4. The summed E-state index contributed by atoms with van der Waals surface area (Å²) >= 11 is 0. The predicted molar refractivity (Wildman–Crippen MR) is 146 cm³/mol. The first-order valence-electron chi connectivity index (χ1n) is 12.8. The van der Waals surface area contributed by atoms with Gasteiger partial charge in [0.1, 0.15) is 6.10 Å². The summed E-state index contributed by atoms with van der Waals surface area (Å²) in [5.74, 6) is -0.268. The molecular formula is C29H43NO5S. The summed E-state index contributed by atoms with van der Waals surface area (Å²) in [6, 6.07) is 7.53. The molecule has 1 unspecified atom stereocenters. The minimum Gasteiger partial charge on any atom is -0.380 e. The molecule has 7 heteroatoms. The number of nitrogens with two attached hydrogens (primary N) is 1. The Labute approximate surface area is 217 Å². The lowest BCUT2D eigenvalue weighted by atomic mass is 9.79. The maximum absolute atomic E-state index is 14.0. The fourth-order valence-electron chi connectivity index (χ4n) is 4.67. The molecule has 6 nitrogen and oxygen atoms in total. The number of carbonyl (C=O) groups is 1. The maximum atomic E-state index is 14.0. The van der Waals surface area contributed by atoms with Crippen molar-refractivity contribution in [2.75, 3.05) is 0 Å². The van der Waals surface area contributed by atoms with E-state index in [1.165, 1.54) is 5.56 Å². The molecule has 2 aromatic rings. The molecule has 0 radical (unpaired) electrons. The van der Waals surface area contributed by atoms with Crippen molar-refractivity contribution in [3.05, 3.63) is 63.2 Å². The van der Waals surface area contributed by atoms with Crippen LogP contribution in [0, 0.1) is 0 Å². The largest absolute Gasteiger partial charge is 0.380 e. The number of hydrogen-bond acceptors (Lipinski definition) is 5. The molecule has 36 heavy (non-hydrogen) atoms. The average Bonchev–Trinajstić information content (AvgIpc) is 2.74. The van der Waals surface area contributed by atoms with Gasteiger partial charge in [0.15, 0.2) is 11.5 Å². The molecule has 0 heterocycles. The molecule has 0 amide bonds. The van der Waals surface area contributed by atoms with Crippen LogP contribution >= 0.6 is 0 Å². The van der Waals surface area contributed by atoms with Gasteiger partial charge in [0, 0.05) is 11.1 Å². The highest BCUT2D eigenvalue weighted by molar-refractivity contribution is 7.84. The number of carbonyl (C=O) groups excluding carboxylic acids is 1. The Morgan fingerprint density at radius 2 is 1.22 bits per heavy atom. The van der Waals surface area contributed by atoms with Crippen LogP contribution in [0.25, 0.3) is 0 Å². The summed E-state index contributed by atoms with van der Waals surface area (Å²) in [5, 5.41) is 16.8. The normalized spacial score (nSPS) is 13.4. The van der Waals surface area contributed by atoms with Crippen molar-refractivity contribution in [3.8, 4) is 5.75 Å². The van der Waals surface area contributed by atoms with Crippen LogP contribution in [0.2, 0.25) is 0 Å². The minimum absolute atomic E-state index is 0.0722. The van der Waals surface area contributed by atoms with E-state index in [-0.39, 0.29) is 35.0 Å². The van der Waals surface area contributed by atoms with Gasteiger partial charge in [-0.1, -0.05) is 93.5 Å². The van der Waals surface area contributed by atoms with E-state index in [4.69, 9.17) is 9.32 Å². The molecule has 0 saturated carbocycles. The molecule has 2 aromatic carbocycles. The lowest BCUT2D eigenvalue weighted by molar-refractivity contribution is 0.0741. The van der Waals surface area contributed by atoms with E-state index in [9.17, 15) is 18.3 Å². The van der Waals surface area contributed by atoms with E-state index < -0.39 is 22.2 Å².